The number of halogens is 1. The number of nitrogens with one attached hydrogen (secondary N) is 2. The Morgan fingerprint density at radius 3 is 2.45 bits per heavy atom. The Hall–Kier alpha value is -3.28. The van der Waals surface area contributed by atoms with Gasteiger partial charge >= 0.3 is 0 Å². The first kappa shape index (κ1) is 20.5. The van der Waals surface area contributed by atoms with E-state index in [1.807, 2.05) is 24.3 Å². The number of amides is 1. The van der Waals surface area contributed by atoms with Crippen molar-refractivity contribution in [3.05, 3.63) is 83.1 Å². The first-order valence-electron chi connectivity index (χ1n) is 9.48. The maximum atomic E-state index is 13.8. The molecule has 0 aliphatic rings. The zero-order valence-electron chi connectivity index (χ0n) is 17.1. The SMILES string of the molecule is Cc1nc(NCc2ccccc2F)cc(C(=O)Nc2ccccc2C(C)(C)C)n1. The molecule has 2 aromatic carbocycles. The molecule has 1 aromatic heterocycles. The van der Waals surface area contributed by atoms with Crippen LogP contribution in [0.1, 0.15) is 48.2 Å². The number of carbonyl (C=O) groups excluding carboxylic acids is 1. The quantitative estimate of drug-likeness (QED) is 0.635. The molecule has 3 aromatic rings. The molecule has 0 atom stereocenters. The van der Waals surface area contributed by atoms with Crippen LogP contribution in [-0.4, -0.2) is 15.9 Å². The van der Waals surface area contributed by atoms with Gasteiger partial charge in [0, 0.05) is 23.9 Å². The van der Waals surface area contributed by atoms with Gasteiger partial charge < -0.3 is 10.6 Å². The van der Waals surface area contributed by atoms with Gasteiger partial charge in [-0.1, -0.05) is 57.2 Å². The molecule has 6 heteroatoms. The van der Waals surface area contributed by atoms with E-state index in [1.165, 1.54) is 6.07 Å². The van der Waals surface area contributed by atoms with Crippen molar-refractivity contribution in [2.45, 2.75) is 39.7 Å². The Bertz CT molecular complexity index is 1030. The lowest BCUT2D eigenvalue weighted by Crippen LogP contribution is -2.20. The van der Waals surface area contributed by atoms with Crippen molar-refractivity contribution >= 4 is 17.4 Å². The maximum Gasteiger partial charge on any atom is 0.274 e. The van der Waals surface area contributed by atoms with Crippen LogP contribution >= 0.6 is 0 Å². The number of aromatic nitrogens is 2. The van der Waals surface area contributed by atoms with Crippen molar-refractivity contribution < 1.29 is 9.18 Å². The van der Waals surface area contributed by atoms with E-state index < -0.39 is 0 Å². The molecule has 1 heterocycles. The van der Waals surface area contributed by atoms with E-state index in [2.05, 4.69) is 41.4 Å². The summed E-state index contributed by atoms with van der Waals surface area (Å²) in [5, 5.41) is 6.02. The lowest BCUT2D eigenvalue weighted by atomic mass is 9.86. The largest absolute Gasteiger partial charge is 0.366 e. The third-order valence-corrected chi connectivity index (χ3v) is 4.47. The number of para-hydroxylation sites is 1. The third-order valence-electron chi connectivity index (χ3n) is 4.47. The molecule has 1 amide bonds. The molecule has 0 aliphatic heterocycles. The fourth-order valence-corrected chi connectivity index (χ4v) is 3.03. The highest BCUT2D eigenvalue weighted by molar-refractivity contribution is 6.03. The van der Waals surface area contributed by atoms with Crippen LogP contribution in [0.4, 0.5) is 15.9 Å². The molecule has 0 fully saturated rings. The Labute approximate surface area is 170 Å². The smallest absolute Gasteiger partial charge is 0.274 e. The van der Waals surface area contributed by atoms with Gasteiger partial charge in [-0.15, -0.1) is 0 Å². The predicted octanol–water partition coefficient (Wildman–Crippen LogP) is 5.09. The molecular formula is C23H25FN4O. The maximum absolute atomic E-state index is 13.8. The summed E-state index contributed by atoms with van der Waals surface area (Å²) in [5.74, 6) is 0.316. The molecule has 0 bridgehead atoms. The Morgan fingerprint density at radius 2 is 1.72 bits per heavy atom. The van der Waals surface area contributed by atoms with Gasteiger partial charge in [0.1, 0.15) is 23.2 Å². The standard InChI is InChI=1S/C23H25FN4O/c1-15-26-20(13-21(27-15)25-14-16-9-5-7-11-18(16)24)22(29)28-19-12-8-6-10-17(19)23(2,3)4/h5-13H,14H2,1-4H3,(H,28,29)(H,25,26,27). The fraction of sp³-hybridized carbons (Fsp3) is 0.261. The van der Waals surface area contributed by atoms with Gasteiger partial charge in [-0.25, -0.2) is 14.4 Å². The second kappa shape index (κ2) is 8.39. The Morgan fingerprint density at radius 1 is 1.03 bits per heavy atom. The lowest BCUT2D eigenvalue weighted by Gasteiger charge is -2.23. The predicted molar refractivity (Wildman–Crippen MR) is 114 cm³/mol. The van der Waals surface area contributed by atoms with Crippen LogP contribution in [0.15, 0.2) is 54.6 Å². The number of aryl methyl sites for hydroxylation is 1. The summed E-state index contributed by atoms with van der Waals surface area (Å²) in [7, 11) is 0. The zero-order chi connectivity index (χ0) is 21.0. The minimum atomic E-state index is -0.318. The molecule has 2 N–H and O–H groups in total. The second-order valence-electron chi connectivity index (χ2n) is 7.88. The minimum Gasteiger partial charge on any atom is -0.366 e. The van der Waals surface area contributed by atoms with Crippen LogP contribution < -0.4 is 10.6 Å². The summed E-state index contributed by atoms with van der Waals surface area (Å²) in [6.45, 7) is 8.26. The summed E-state index contributed by atoms with van der Waals surface area (Å²) in [6, 6.07) is 15.8. The number of anilines is 2. The van der Waals surface area contributed by atoms with Crippen molar-refractivity contribution in [3.63, 3.8) is 0 Å². The highest BCUT2D eigenvalue weighted by atomic mass is 19.1. The average molecular weight is 392 g/mol. The molecule has 150 valence electrons. The van der Waals surface area contributed by atoms with Gasteiger partial charge in [-0.2, -0.15) is 0 Å². The first-order chi connectivity index (χ1) is 13.7. The van der Waals surface area contributed by atoms with Crippen LogP contribution in [0, 0.1) is 12.7 Å². The fourth-order valence-electron chi connectivity index (χ4n) is 3.03. The van der Waals surface area contributed by atoms with Gasteiger partial charge in [0.2, 0.25) is 0 Å². The van der Waals surface area contributed by atoms with Crippen molar-refractivity contribution in [1.82, 2.24) is 9.97 Å². The molecule has 0 unspecified atom stereocenters. The molecule has 29 heavy (non-hydrogen) atoms. The van der Waals surface area contributed by atoms with Crippen molar-refractivity contribution in [2.75, 3.05) is 10.6 Å². The summed E-state index contributed by atoms with van der Waals surface area (Å²) in [4.78, 5) is 21.4. The Kier molecular flexibility index (Phi) is 5.92. The number of benzene rings is 2. The average Bonchev–Trinajstić information content (AvgIpc) is 2.66. The van der Waals surface area contributed by atoms with E-state index in [-0.39, 0.29) is 29.4 Å². The summed E-state index contributed by atoms with van der Waals surface area (Å²) in [5.41, 5.74) is 2.45. The molecule has 0 radical (unpaired) electrons. The van der Waals surface area contributed by atoms with Crippen LogP contribution in [0.5, 0.6) is 0 Å². The molecule has 0 spiro atoms. The van der Waals surface area contributed by atoms with Crippen LogP contribution in [-0.2, 0) is 12.0 Å². The van der Waals surface area contributed by atoms with Crippen LogP contribution in [0.2, 0.25) is 0 Å². The van der Waals surface area contributed by atoms with E-state index in [0.717, 1.165) is 11.3 Å². The third kappa shape index (κ3) is 5.16. The second-order valence-corrected chi connectivity index (χ2v) is 7.88. The van der Waals surface area contributed by atoms with E-state index in [9.17, 15) is 9.18 Å². The van der Waals surface area contributed by atoms with Crippen molar-refractivity contribution in [3.8, 4) is 0 Å². The number of nitrogens with zero attached hydrogens (tertiary/aromatic N) is 2. The zero-order valence-corrected chi connectivity index (χ0v) is 17.1. The lowest BCUT2D eigenvalue weighted by molar-refractivity contribution is 0.102. The van der Waals surface area contributed by atoms with E-state index in [1.54, 1.807) is 31.2 Å². The number of rotatable bonds is 5. The number of hydrogen-bond donors (Lipinski definition) is 2. The van der Waals surface area contributed by atoms with Gasteiger partial charge in [0.05, 0.1) is 0 Å². The van der Waals surface area contributed by atoms with Gasteiger partial charge in [-0.05, 0) is 30.0 Å². The summed E-state index contributed by atoms with van der Waals surface area (Å²) >= 11 is 0. The topological polar surface area (TPSA) is 66.9 Å². The molecule has 0 aliphatic carbocycles. The number of carbonyl (C=O) groups is 1. The molecule has 0 saturated heterocycles. The minimum absolute atomic E-state index is 0.113. The van der Waals surface area contributed by atoms with Gasteiger partial charge in [0.25, 0.3) is 5.91 Å². The van der Waals surface area contributed by atoms with E-state index in [0.29, 0.717) is 17.2 Å². The van der Waals surface area contributed by atoms with Crippen molar-refractivity contribution in [1.29, 1.82) is 0 Å². The highest BCUT2D eigenvalue weighted by Crippen LogP contribution is 2.29. The molecular weight excluding hydrogens is 367 g/mol. The summed E-state index contributed by atoms with van der Waals surface area (Å²) < 4.78 is 13.8. The van der Waals surface area contributed by atoms with Crippen molar-refractivity contribution in [2.24, 2.45) is 0 Å². The molecule has 3 rings (SSSR count). The van der Waals surface area contributed by atoms with E-state index >= 15 is 0 Å². The molecule has 5 nitrogen and oxygen atoms in total. The van der Waals surface area contributed by atoms with Gasteiger partial charge in [0.15, 0.2) is 0 Å². The monoisotopic (exact) mass is 392 g/mol. The van der Waals surface area contributed by atoms with E-state index in [4.69, 9.17) is 0 Å². The normalized spacial score (nSPS) is 11.2. The van der Waals surface area contributed by atoms with Crippen LogP contribution in [0.25, 0.3) is 0 Å². The summed E-state index contributed by atoms with van der Waals surface area (Å²) in [6.07, 6.45) is 0. The number of hydrogen-bond acceptors (Lipinski definition) is 4. The van der Waals surface area contributed by atoms with Crippen LogP contribution in [0.3, 0.4) is 0 Å². The molecule has 0 saturated carbocycles. The first-order valence-corrected chi connectivity index (χ1v) is 9.48. The highest BCUT2D eigenvalue weighted by Gasteiger charge is 2.19. The Balaban J connectivity index is 1.79. The van der Waals surface area contributed by atoms with Gasteiger partial charge in [-0.3, -0.25) is 4.79 Å².